The molecule has 0 bridgehead atoms. The minimum Gasteiger partial charge on any atom is -0.437 e. The molecule has 0 spiro atoms. The van der Waals surface area contributed by atoms with Crippen LogP contribution in [0.15, 0.2) is 0 Å². The van der Waals surface area contributed by atoms with Gasteiger partial charge in [-0.1, -0.05) is 6.92 Å². The zero-order chi connectivity index (χ0) is 19.2. The Hall–Kier alpha value is 0.668. The third kappa shape index (κ3) is 12.9. The van der Waals surface area contributed by atoms with Crippen molar-refractivity contribution in [2.75, 3.05) is 19.6 Å². The van der Waals surface area contributed by atoms with Crippen molar-refractivity contribution in [3.63, 3.8) is 0 Å². The Morgan fingerprint density at radius 2 is 1.33 bits per heavy atom. The summed E-state index contributed by atoms with van der Waals surface area (Å²) in [5.41, 5.74) is 5.56. The molecule has 3 N–H and O–H groups in total. The van der Waals surface area contributed by atoms with Gasteiger partial charge in [0.25, 0.3) is 0 Å². The fraction of sp³-hybridized carbons (Fsp3) is 1.00. The minimum atomic E-state index is -2.29. The highest BCUT2D eigenvalue weighted by Crippen LogP contribution is 2.29. The molecule has 0 amide bonds. The molecule has 0 aromatic rings. The molecule has 0 radical (unpaired) electrons. The molecule has 0 saturated carbocycles. The molecule has 0 aliphatic rings. The lowest BCUT2D eigenvalue weighted by molar-refractivity contribution is 0.315. The maximum absolute atomic E-state index is 6.70. The second-order valence-corrected chi connectivity index (χ2v) is 25.7. The van der Waals surface area contributed by atoms with E-state index in [1.54, 1.807) is 0 Å². The van der Waals surface area contributed by atoms with E-state index in [1.807, 2.05) is 0 Å². The second-order valence-electron chi connectivity index (χ2n) is 9.37. The predicted molar refractivity (Wildman–Crippen MR) is 115 cm³/mol. The van der Waals surface area contributed by atoms with Crippen LogP contribution in [0.2, 0.25) is 65.0 Å². The van der Waals surface area contributed by atoms with Gasteiger partial charge >= 0.3 is 17.1 Å². The summed E-state index contributed by atoms with van der Waals surface area (Å²) in [4.78, 5) is 0. The van der Waals surface area contributed by atoms with Crippen molar-refractivity contribution < 1.29 is 12.3 Å². The summed E-state index contributed by atoms with van der Waals surface area (Å²) in [6, 6.07) is 0.986. The zero-order valence-corrected chi connectivity index (χ0v) is 21.7. The zero-order valence-electron chi connectivity index (χ0n) is 17.7. The van der Waals surface area contributed by atoms with Crippen molar-refractivity contribution in [2.24, 2.45) is 11.7 Å². The Kier molecular flexibility index (Phi) is 9.82. The molecule has 2 atom stereocenters. The molecule has 2 unspecified atom stereocenters. The molecular formula is C15H42N2O3Si4. The third-order valence-electron chi connectivity index (χ3n) is 3.07. The van der Waals surface area contributed by atoms with Gasteiger partial charge in [0.15, 0.2) is 16.6 Å². The average Bonchev–Trinajstić information content (AvgIpc) is 2.20. The molecule has 0 aromatic heterocycles. The van der Waals surface area contributed by atoms with Crippen LogP contribution in [-0.2, 0) is 12.3 Å². The van der Waals surface area contributed by atoms with Gasteiger partial charge in [0.1, 0.15) is 0 Å². The van der Waals surface area contributed by atoms with Gasteiger partial charge in [-0.2, -0.15) is 0 Å². The van der Waals surface area contributed by atoms with Crippen LogP contribution in [-0.4, -0.2) is 53.4 Å². The van der Waals surface area contributed by atoms with E-state index in [4.69, 9.17) is 18.1 Å². The quantitative estimate of drug-likeness (QED) is 0.379. The standard InChI is InChI=1S/C15H42N2O3Si4/c1-15(13-17-12-11-16)14-24(10,19-22(5,6)7)20-23(8,9)18-21(2,3)4/h15,17H,11-14,16H2,1-10H3. The molecule has 0 rings (SSSR count). The van der Waals surface area contributed by atoms with E-state index in [-0.39, 0.29) is 0 Å². The summed E-state index contributed by atoms with van der Waals surface area (Å²) >= 11 is 0. The first-order valence-electron chi connectivity index (χ1n) is 9.09. The van der Waals surface area contributed by atoms with Gasteiger partial charge in [-0.3, -0.25) is 0 Å². The molecule has 0 saturated heterocycles. The molecule has 5 nitrogen and oxygen atoms in total. The van der Waals surface area contributed by atoms with E-state index in [9.17, 15) is 0 Å². The molecule has 0 aliphatic heterocycles. The van der Waals surface area contributed by atoms with E-state index in [0.29, 0.717) is 12.5 Å². The van der Waals surface area contributed by atoms with Crippen molar-refractivity contribution in [1.82, 2.24) is 5.32 Å². The Morgan fingerprint density at radius 3 is 1.75 bits per heavy atom. The Morgan fingerprint density at radius 1 is 0.833 bits per heavy atom. The van der Waals surface area contributed by atoms with E-state index in [0.717, 1.165) is 19.1 Å². The Labute approximate surface area is 154 Å². The fourth-order valence-electron chi connectivity index (χ4n) is 3.19. The Bertz CT molecular complexity index is 373. The first-order valence-corrected chi connectivity index (χ1v) is 21.2. The van der Waals surface area contributed by atoms with Gasteiger partial charge in [0, 0.05) is 13.1 Å². The van der Waals surface area contributed by atoms with Gasteiger partial charge in [-0.15, -0.1) is 0 Å². The number of nitrogens with one attached hydrogen (secondary N) is 1. The summed E-state index contributed by atoms with van der Waals surface area (Å²) < 4.78 is 19.7. The normalized spacial score (nSPS) is 17.6. The third-order valence-corrected chi connectivity index (χ3v) is 16.8. The summed E-state index contributed by atoms with van der Waals surface area (Å²) in [7, 11) is -7.80. The average molecular weight is 411 g/mol. The van der Waals surface area contributed by atoms with Crippen LogP contribution in [0.4, 0.5) is 0 Å². The first-order chi connectivity index (χ1) is 10.6. The van der Waals surface area contributed by atoms with Gasteiger partial charge < -0.3 is 23.4 Å². The second kappa shape index (κ2) is 9.56. The smallest absolute Gasteiger partial charge is 0.316 e. The van der Waals surface area contributed by atoms with Crippen LogP contribution >= 0.6 is 0 Å². The molecule has 24 heavy (non-hydrogen) atoms. The lowest BCUT2D eigenvalue weighted by atomic mass is 10.2. The predicted octanol–water partition coefficient (Wildman–Crippen LogP) is 3.66. The summed E-state index contributed by atoms with van der Waals surface area (Å²) in [5.74, 6) is 0.501. The first kappa shape index (κ1) is 24.7. The van der Waals surface area contributed by atoms with Crippen LogP contribution in [0.1, 0.15) is 6.92 Å². The topological polar surface area (TPSA) is 65.7 Å². The Balaban J connectivity index is 5.06. The van der Waals surface area contributed by atoms with Gasteiger partial charge in [0.2, 0.25) is 0 Å². The van der Waals surface area contributed by atoms with Crippen molar-refractivity contribution >= 4 is 33.8 Å². The van der Waals surface area contributed by atoms with Gasteiger partial charge in [0.05, 0.1) is 0 Å². The highest BCUT2D eigenvalue weighted by molar-refractivity contribution is 6.89. The van der Waals surface area contributed by atoms with Crippen molar-refractivity contribution in [1.29, 1.82) is 0 Å². The van der Waals surface area contributed by atoms with Crippen LogP contribution in [0, 0.1) is 5.92 Å². The van der Waals surface area contributed by atoms with Crippen LogP contribution in [0.25, 0.3) is 0 Å². The molecule has 0 aliphatic carbocycles. The lowest BCUT2D eigenvalue weighted by Gasteiger charge is -2.42. The summed E-state index contributed by atoms with van der Waals surface area (Å²) in [6.07, 6.45) is 0. The van der Waals surface area contributed by atoms with Crippen LogP contribution in [0.5, 0.6) is 0 Å². The molecule has 0 aromatic carbocycles. The lowest BCUT2D eigenvalue weighted by Crippen LogP contribution is -2.57. The van der Waals surface area contributed by atoms with E-state index >= 15 is 0 Å². The maximum atomic E-state index is 6.70. The largest absolute Gasteiger partial charge is 0.437 e. The molecular weight excluding hydrogens is 369 g/mol. The van der Waals surface area contributed by atoms with Crippen LogP contribution in [0.3, 0.4) is 0 Å². The van der Waals surface area contributed by atoms with Gasteiger partial charge in [-0.05, 0) is 77.4 Å². The van der Waals surface area contributed by atoms with Crippen molar-refractivity contribution in [2.45, 2.75) is 71.9 Å². The monoisotopic (exact) mass is 410 g/mol. The van der Waals surface area contributed by atoms with E-state index in [1.165, 1.54) is 0 Å². The number of hydrogen-bond donors (Lipinski definition) is 2. The van der Waals surface area contributed by atoms with E-state index < -0.39 is 33.8 Å². The number of hydrogen-bond acceptors (Lipinski definition) is 5. The molecule has 0 fully saturated rings. The van der Waals surface area contributed by atoms with E-state index in [2.05, 4.69) is 71.2 Å². The SMILES string of the molecule is CC(CNCCN)C[Si](C)(O[Si](C)(C)C)O[Si](C)(C)O[Si](C)(C)C. The minimum absolute atomic E-state index is 0.501. The summed E-state index contributed by atoms with van der Waals surface area (Å²) in [6.45, 7) is 24.7. The fourth-order valence-corrected chi connectivity index (χ4v) is 21.6. The molecule has 0 heterocycles. The number of rotatable bonds is 12. The van der Waals surface area contributed by atoms with Crippen molar-refractivity contribution in [3.05, 3.63) is 0 Å². The number of nitrogens with two attached hydrogens (primary N) is 1. The maximum Gasteiger partial charge on any atom is 0.316 e. The summed E-state index contributed by atoms with van der Waals surface area (Å²) in [5, 5.41) is 3.41. The highest BCUT2D eigenvalue weighted by atomic mass is 28.5. The van der Waals surface area contributed by atoms with Crippen molar-refractivity contribution in [3.8, 4) is 0 Å². The van der Waals surface area contributed by atoms with Gasteiger partial charge in [-0.25, -0.2) is 0 Å². The van der Waals surface area contributed by atoms with Crippen LogP contribution < -0.4 is 11.1 Å². The highest BCUT2D eigenvalue weighted by Gasteiger charge is 2.45. The molecule has 146 valence electrons. The molecule has 9 heteroatoms.